The van der Waals surface area contributed by atoms with Crippen molar-refractivity contribution in [3.63, 3.8) is 0 Å². The third-order valence-electron chi connectivity index (χ3n) is 7.53. The van der Waals surface area contributed by atoms with E-state index in [4.69, 9.17) is 13.9 Å². The van der Waals surface area contributed by atoms with Gasteiger partial charge in [0.1, 0.15) is 0 Å². The van der Waals surface area contributed by atoms with Crippen LogP contribution in [0.2, 0.25) is 18.1 Å². The van der Waals surface area contributed by atoms with E-state index in [1.54, 1.807) is 0 Å². The van der Waals surface area contributed by atoms with E-state index < -0.39 is 25.6 Å². The number of hydrogen-bond acceptors (Lipinski definition) is 4. The largest absolute Gasteiger partial charge is 0.414 e. The molecule has 3 unspecified atom stereocenters. The van der Waals surface area contributed by atoms with E-state index in [1.165, 1.54) is 0 Å². The van der Waals surface area contributed by atoms with Crippen LogP contribution in [0.3, 0.4) is 0 Å². The third kappa shape index (κ3) is 3.93. The molecule has 0 amide bonds. The minimum atomic E-state index is -1.75. The van der Waals surface area contributed by atoms with Crippen molar-refractivity contribution in [2.24, 2.45) is 10.8 Å². The summed E-state index contributed by atoms with van der Waals surface area (Å²) < 4.78 is 18.5. The second-order valence-electron chi connectivity index (χ2n) is 11.0. The van der Waals surface area contributed by atoms with Gasteiger partial charge in [0.15, 0.2) is 14.1 Å². The molecule has 3 atom stereocenters. The van der Waals surface area contributed by atoms with Gasteiger partial charge in [-0.05, 0) is 49.7 Å². The van der Waals surface area contributed by atoms with Crippen LogP contribution in [0, 0.1) is 10.8 Å². The molecule has 26 heavy (non-hydrogen) atoms. The van der Waals surface area contributed by atoms with E-state index in [-0.39, 0.29) is 16.6 Å². The lowest BCUT2D eigenvalue weighted by molar-refractivity contribution is -0.297. The van der Waals surface area contributed by atoms with Crippen LogP contribution in [0.1, 0.15) is 74.1 Å². The molecule has 1 saturated heterocycles. The fourth-order valence-electron chi connectivity index (χ4n) is 4.49. The molecule has 5 heteroatoms. The average molecular weight is 387 g/mol. The van der Waals surface area contributed by atoms with Crippen molar-refractivity contribution < 1.29 is 19.0 Å². The van der Waals surface area contributed by atoms with Gasteiger partial charge in [0.2, 0.25) is 0 Å². The predicted octanol–water partition coefficient (Wildman–Crippen LogP) is 5.11. The molecule has 2 rings (SSSR count). The van der Waals surface area contributed by atoms with Crippen molar-refractivity contribution >= 4 is 8.32 Å². The first-order valence-electron chi connectivity index (χ1n) is 10.3. The lowest BCUT2D eigenvalue weighted by Crippen LogP contribution is -2.61. The summed E-state index contributed by atoms with van der Waals surface area (Å²) >= 11 is 0. The van der Waals surface area contributed by atoms with Gasteiger partial charge >= 0.3 is 0 Å². The summed E-state index contributed by atoms with van der Waals surface area (Å²) in [7, 11) is -1.75. The summed E-state index contributed by atoms with van der Waals surface area (Å²) in [5.41, 5.74) is -0.546. The molecule has 1 aliphatic heterocycles. The number of ether oxygens (including phenoxy) is 2. The van der Waals surface area contributed by atoms with Crippen molar-refractivity contribution in [2.45, 2.75) is 110 Å². The van der Waals surface area contributed by atoms with Gasteiger partial charge in [-0.25, -0.2) is 0 Å². The Bertz CT molecular complexity index is 491. The Morgan fingerprint density at radius 1 is 1.12 bits per heavy atom. The van der Waals surface area contributed by atoms with Crippen LogP contribution in [-0.2, 0) is 13.9 Å². The van der Waals surface area contributed by atoms with Crippen LogP contribution in [-0.4, -0.2) is 44.6 Å². The summed E-state index contributed by atoms with van der Waals surface area (Å²) in [4.78, 5) is 0. The molecule has 4 nitrogen and oxygen atoms in total. The van der Waals surface area contributed by atoms with Crippen LogP contribution < -0.4 is 0 Å². The van der Waals surface area contributed by atoms with Gasteiger partial charge < -0.3 is 19.0 Å². The zero-order valence-corrected chi connectivity index (χ0v) is 19.6. The van der Waals surface area contributed by atoms with E-state index in [1.807, 2.05) is 0 Å². The van der Waals surface area contributed by atoms with Crippen LogP contribution in [0.4, 0.5) is 0 Å². The molecule has 1 saturated carbocycles. The molecule has 0 aromatic heterocycles. The van der Waals surface area contributed by atoms with E-state index in [0.717, 1.165) is 25.7 Å². The quantitative estimate of drug-likeness (QED) is 0.667. The van der Waals surface area contributed by atoms with Crippen molar-refractivity contribution in [1.82, 2.24) is 0 Å². The Morgan fingerprint density at radius 2 is 1.65 bits per heavy atom. The molecular weight excluding hydrogens is 344 g/mol. The maximum atomic E-state index is 11.3. The van der Waals surface area contributed by atoms with Crippen LogP contribution >= 0.6 is 0 Å². The topological polar surface area (TPSA) is 47.9 Å². The standard InChI is InChI=1S/C21H42O4Si/c1-16(25-26(8,9)18(2,3)4)10-11-20(7)12-13-21(23-14-15-24-21)19(5,6)17(20)22/h16-17,22H,10-15H2,1-9H3. The molecule has 0 bridgehead atoms. The minimum Gasteiger partial charge on any atom is -0.414 e. The fraction of sp³-hybridized carbons (Fsp3) is 1.00. The molecule has 1 heterocycles. The Labute approximate surface area is 162 Å². The molecule has 154 valence electrons. The zero-order chi connectivity index (χ0) is 20.0. The molecule has 2 aliphatic rings. The van der Waals surface area contributed by atoms with Crippen LogP contribution in [0.25, 0.3) is 0 Å². The van der Waals surface area contributed by atoms with Gasteiger partial charge in [-0.15, -0.1) is 0 Å². The normalized spacial score (nSPS) is 32.8. The third-order valence-corrected chi connectivity index (χ3v) is 12.1. The average Bonchev–Trinajstić information content (AvgIpc) is 2.98. The minimum absolute atomic E-state index is 0.130. The fourth-order valence-corrected chi connectivity index (χ4v) is 5.97. The van der Waals surface area contributed by atoms with Gasteiger partial charge in [0.05, 0.1) is 19.3 Å². The molecule has 1 spiro atoms. The highest BCUT2D eigenvalue weighted by atomic mass is 28.4. The van der Waals surface area contributed by atoms with E-state index >= 15 is 0 Å². The van der Waals surface area contributed by atoms with Crippen molar-refractivity contribution in [3.05, 3.63) is 0 Å². The highest BCUT2D eigenvalue weighted by Gasteiger charge is 2.61. The number of rotatable bonds is 5. The second kappa shape index (κ2) is 7.14. The molecule has 0 aromatic rings. The molecule has 1 N–H and O–H groups in total. The van der Waals surface area contributed by atoms with Crippen molar-refractivity contribution in [3.8, 4) is 0 Å². The van der Waals surface area contributed by atoms with Crippen molar-refractivity contribution in [2.75, 3.05) is 13.2 Å². The number of aliphatic hydroxyl groups is 1. The molecular formula is C21H42O4Si. The van der Waals surface area contributed by atoms with Crippen LogP contribution in [0.5, 0.6) is 0 Å². The summed E-state index contributed by atoms with van der Waals surface area (Å²) in [5, 5.41) is 11.5. The zero-order valence-electron chi connectivity index (χ0n) is 18.6. The summed E-state index contributed by atoms with van der Waals surface area (Å²) in [6.45, 7) is 21.3. The lowest BCUT2D eigenvalue weighted by atomic mass is 9.57. The van der Waals surface area contributed by atoms with Gasteiger partial charge in [-0.3, -0.25) is 0 Å². The first-order chi connectivity index (χ1) is 11.7. The van der Waals surface area contributed by atoms with Gasteiger partial charge in [-0.2, -0.15) is 0 Å². The van der Waals surface area contributed by atoms with E-state index in [9.17, 15) is 5.11 Å². The SMILES string of the molecule is CC(CCC1(C)CCC2(OCCO2)C(C)(C)C1O)O[Si](C)(C)C(C)(C)C. The summed E-state index contributed by atoms with van der Waals surface area (Å²) in [6.07, 6.45) is 3.48. The van der Waals surface area contributed by atoms with E-state index in [2.05, 4.69) is 61.6 Å². The second-order valence-corrected chi connectivity index (χ2v) is 15.7. The molecule has 0 aromatic carbocycles. The Morgan fingerprint density at radius 3 is 2.15 bits per heavy atom. The maximum Gasteiger partial charge on any atom is 0.192 e. The maximum absolute atomic E-state index is 11.3. The first-order valence-corrected chi connectivity index (χ1v) is 13.2. The smallest absolute Gasteiger partial charge is 0.192 e. The van der Waals surface area contributed by atoms with Gasteiger partial charge in [-0.1, -0.05) is 41.5 Å². The van der Waals surface area contributed by atoms with Gasteiger partial charge in [0.25, 0.3) is 0 Å². The highest BCUT2D eigenvalue weighted by molar-refractivity contribution is 6.74. The Kier molecular flexibility index (Phi) is 6.14. The Hall–Kier alpha value is 0.0569. The lowest BCUT2D eigenvalue weighted by Gasteiger charge is -2.56. The first kappa shape index (κ1) is 22.3. The van der Waals surface area contributed by atoms with E-state index in [0.29, 0.717) is 13.2 Å². The van der Waals surface area contributed by atoms with Gasteiger partial charge in [0, 0.05) is 17.9 Å². The molecule has 1 aliphatic carbocycles. The highest BCUT2D eigenvalue weighted by Crippen LogP contribution is 2.56. The number of aliphatic hydroxyl groups excluding tert-OH is 1. The predicted molar refractivity (Wildman–Crippen MR) is 109 cm³/mol. The monoisotopic (exact) mass is 386 g/mol. The van der Waals surface area contributed by atoms with Crippen molar-refractivity contribution in [1.29, 1.82) is 0 Å². The Balaban J connectivity index is 2.01. The van der Waals surface area contributed by atoms with Crippen LogP contribution in [0.15, 0.2) is 0 Å². The summed E-state index contributed by atoms with van der Waals surface area (Å²) in [5.74, 6) is -0.616. The molecule has 0 radical (unpaired) electrons. The molecule has 2 fully saturated rings. The number of hydrogen-bond donors (Lipinski definition) is 1. The summed E-state index contributed by atoms with van der Waals surface area (Å²) in [6, 6.07) is 0.